The van der Waals surface area contributed by atoms with E-state index in [0.717, 1.165) is 41.5 Å². The Hall–Kier alpha value is -3.29. The summed E-state index contributed by atoms with van der Waals surface area (Å²) in [5.41, 5.74) is 7.10. The van der Waals surface area contributed by atoms with E-state index in [2.05, 4.69) is 15.6 Å². The number of rotatable bonds is 6. The van der Waals surface area contributed by atoms with E-state index in [9.17, 15) is 17.6 Å². The first-order valence-electron chi connectivity index (χ1n) is 8.92. The minimum atomic E-state index is -4.62. The van der Waals surface area contributed by atoms with Crippen LogP contribution >= 0.6 is 0 Å². The Morgan fingerprint density at radius 3 is 2.72 bits per heavy atom. The van der Waals surface area contributed by atoms with E-state index in [1.54, 1.807) is 18.3 Å². The van der Waals surface area contributed by atoms with Crippen molar-refractivity contribution in [1.82, 2.24) is 10.3 Å². The molecule has 4 nitrogen and oxygen atoms in total. The summed E-state index contributed by atoms with van der Waals surface area (Å²) in [7, 11) is 0. The molecular formula is C21H20F4N4. The fraction of sp³-hybridized carbons (Fsp3) is 0.190. The van der Waals surface area contributed by atoms with E-state index < -0.39 is 23.1 Å². The highest BCUT2D eigenvalue weighted by Crippen LogP contribution is 2.33. The van der Waals surface area contributed by atoms with Crippen molar-refractivity contribution >= 4 is 5.82 Å². The number of aromatic nitrogens is 1. The molecule has 3 rings (SSSR count). The molecule has 0 fully saturated rings. The molecule has 152 valence electrons. The summed E-state index contributed by atoms with van der Waals surface area (Å²) in [5.74, 6) is -0.541. The number of alkyl halides is 3. The van der Waals surface area contributed by atoms with Crippen LogP contribution in [0.2, 0.25) is 0 Å². The van der Waals surface area contributed by atoms with Crippen LogP contribution in [0.25, 0.3) is 0 Å². The Morgan fingerprint density at radius 1 is 1.21 bits per heavy atom. The van der Waals surface area contributed by atoms with Crippen molar-refractivity contribution in [1.29, 1.82) is 0 Å². The summed E-state index contributed by atoms with van der Waals surface area (Å²) < 4.78 is 53.1. The number of nitrogens with zero attached hydrogens (tertiary/aromatic N) is 1. The third-order valence-electron chi connectivity index (χ3n) is 4.48. The smallest absolute Gasteiger partial charge is 0.405 e. The van der Waals surface area contributed by atoms with Crippen LogP contribution in [0.15, 0.2) is 72.2 Å². The van der Waals surface area contributed by atoms with Gasteiger partial charge in [-0.2, -0.15) is 13.2 Å². The molecule has 1 aliphatic rings. The Kier molecular flexibility index (Phi) is 6.21. The number of nitrogens with one attached hydrogen (secondary N) is 2. The second kappa shape index (κ2) is 8.81. The first-order valence-corrected chi connectivity index (χ1v) is 8.92. The van der Waals surface area contributed by atoms with Crippen LogP contribution in [-0.2, 0) is 19.1 Å². The zero-order valence-corrected chi connectivity index (χ0v) is 15.4. The first kappa shape index (κ1) is 20.4. The number of halogens is 4. The minimum Gasteiger partial charge on any atom is -0.405 e. The fourth-order valence-corrected chi connectivity index (χ4v) is 3.03. The zero-order chi connectivity index (χ0) is 20.9. The lowest BCUT2D eigenvalue weighted by Gasteiger charge is -2.14. The Bertz CT molecular complexity index is 944. The lowest BCUT2D eigenvalue weighted by molar-refractivity contribution is -0.138. The van der Waals surface area contributed by atoms with Gasteiger partial charge in [0.15, 0.2) is 0 Å². The number of hydrogen-bond donors (Lipinski definition) is 3. The number of benzene rings is 1. The summed E-state index contributed by atoms with van der Waals surface area (Å²) in [4.78, 5) is 4.23. The summed E-state index contributed by atoms with van der Waals surface area (Å²) in [6, 6.07) is 6.42. The zero-order valence-electron chi connectivity index (χ0n) is 15.4. The highest BCUT2D eigenvalue weighted by Gasteiger charge is 2.34. The third kappa shape index (κ3) is 5.16. The van der Waals surface area contributed by atoms with Crippen LogP contribution in [0.5, 0.6) is 0 Å². The van der Waals surface area contributed by atoms with Gasteiger partial charge >= 0.3 is 6.18 Å². The normalized spacial score (nSPS) is 15.6. The Balaban J connectivity index is 1.67. The van der Waals surface area contributed by atoms with Crippen LogP contribution in [0.1, 0.15) is 16.7 Å². The van der Waals surface area contributed by atoms with Crippen LogP contribution < -0.4 is 16.4 Å². The topological polar surface area (TPSA) is 63.0 Å². The van der Waals surface area contributed by atoms with Crippen molar-refractivity contribution in [2.75, 3.05) is 11.9 Å². The molecule has 1 aliphatic heterocycles. The average molecular weight is 404 g/mol. The van der Waals surface area contributed by atoms with Crippen molar-refractivity contribution < 1.29 is 17.6 Å². The molecule has 0 atom stereocenters. The maximum atomic E-state index is 13.9. The van der Waals surface area contributed by atoms with E-state index in [1.165, 1.54) is 6.20 Å². The quantitative estimate of drug-likeness (QED) is 0.629. The van der Waals surface area contributed by atoms with Gasteiger partial charge in [0.05, 0.1) is 5.56 Å². The molecule has 8 heteroatoms. The maximum absolute atomic E-state index is 13.9. The van der Waals surface area contributed by atoms with E-state index in [-0.39, 0.29) is 6.54 Å². The molecular weight excluding hydrogens is 384 g/mol. The van der Waals surface area contributed by atoms with Crippen molar-refractivity contribution in [3.8, 4) is 0 Å². The predicted octanol–water partition coefficient (Wildman–Crippen LogP) is 4.28. The summed E-state index contributed by atoms with van der Waals surface area (Å²) in [5, 5.41) is 5.92. The molecule has 0 amide bonds. The molecule has 0 saturated heterocycles. The maximum Gasteiger partial charge on any atom is 0.416 e. The van der Waals surface area contributed by atoms with Gasteiger partial charge in [-0.1, -0.05) is 18.2 Å². The van der Waals surface area contributed by atoms with Gasteiger partial charge in [0.1, 0.15) is 11.6 Å². The summed E-state index contributed by atoms with van der Waals surface area (Å²) >= 11 is 0. The SMILES string of the molecule is N/C=C\C=C1/CNC=C1Cc1ccc(NCc2c(F)cccc2C(F)(F)F)nc1. The van der Waals surface area contributed by atoms with Gasteiger partial charge in [0.25, 0.3) is 0 Å². The van der Waals surface area contributed by atoms with Gasteiger partial charge in [-0.3, -0.25) is 0 Å². The molecule has 29 heavy (non-hydrogen) atoms. The average Bonchev–Trinajstić information content (AvgIpc) is 3.12. The Morgan fingerprint density at radius 2 is 2.03 bits per heavy atom. The van der Waals surface area contributed by atoms with Crippen molar-refractivity contribution in [2.45, 2.75) is 19.1 Å². The molecule has 0 radical (unpaired) electrons. The van der Waals surface area contributed by atoms with Gasteiger partial charge in [-0.25, -0.2) is 9.37 Å². The van der Waals surface area contributed by atoms with Crippen molar-refractivity contribution in [2.24, 2.45) is 5.73 Å². The van der Waals surface area contributed by atoms with E-state index >= 15 is 0 Å². The number of nitrogens with two attached hydrogens (primary N) is 1. The van der Waals surface area contributed by atoms with Crippen LogP contribution in [0, 0.1) is 5.82 Å². The van der Waals surface area contributed by atoms with Crippen molar-refractivity contribution in [3.05, 3.63) is 94.7 Å². The second-order valence-electron chi connectivity index (χ2n) is 6.47. The molecule has 1 aromatic heterocycles. The molecule has 2 aromatic rings. The second-order valence-corrected chi connectivity index (χ2v) is 6.47. The lowest BCUT2D eigenvalue weighted by atomic mass is 10.0. The third-order valence-corrected chi connectivity index (χ3v) is 4.48. The van der Waals surface area contributed by atoms with E-state index in [4.69, 9.17) is 5.73 Å². The molecule has 4 N–H and O–H groups in total. The fourth-order valence-electron chi connectivity index (χ4n) is 3.03. The molecule has 0 bridgehead atoms. The van der Waals surface area contributed by atoms with Gasteiger partial charge in [-0.15, -0.1) is 0 Å². The Labute approximate surface area is 165 Å². The number of pyridine rings is 1. The molecule has 1 aromatic carbocycles. The van der Waals surface area contributed by atoms with Gasteiger partial charge in [0, 0.05) is 37.5 Å². The summed E-state index contributed by atoms with van der Waals surface area (Å²) in [6.45, 7) is 0.401. The highest BCUT2D eigenvalue weighted by molar-refractivity contribution is 5.44. The molecule has 0 saturated carbocycles. The number of hydrogen-bond acceptors (Lipinski definition) is 4. The van der Waals surface area contributed by atoms with E-state index in [0.29, 0.717) is 12.2 Å². The van der Waals surface area contributed by atoms with Gasteiger partial charge < -0.3 is 16.4 Å². The monoisotopic (exact) mass is 404 g/mol. The summed E-state index contributed by atoms with van der Waals surface area (Å²) in [6.07, 6.45) is 4.76. The first-order chi connectivity index (χ1) is 13.9. The number of anilines is 1. The van der Waals surface area contributed by atoms with Crippen LogP contribution in [0.4, 0.5) is 23.4 Å². The van der Waals surface area contributed by atoms with Gasteiger partial charge in [0.2, 0.25) is 0 Å². The highest BCUT2D eigenvalue weighted by atomic mass is 19.4. The van der Waals surface area contributed by atoms with Gasteiger partial charge in [-0.05, 0) is 47.2 Å². The molecule has 2 heterocycles. The van der Waals surface area contributed by atoms with E-state index in [1.807, 2.05) is 18.3 Å². The molecule has 0 spiro atoms. The number of allylic oxidation sites excluding steroid dienone is 2. The minimum absolute atomic E-state index is 0.318. The van der Waals surface area contributed by atoms with Crippen LogP contribution in [0.3, 0.4) is 0 Å². The largest absolute Gasteiger partial charge is 0.416 e. The molecule has 0 aliphatic carbocycles. The van der Waals surface area contributed by atoms with Crippen molar-refractivity contribution in [3.63, 3.8) is 0 Å². The van der Waals surface area contributed by atoms with Crippen LogP contribution in [-0.4, -0.2) is 11.5 Å². The predicted molar refractivity (Wildman–Crippen MR) is 104 cm³/mol. The molecule has 0 unspecified atom stereocenters. The lowest BCUT2D eigenvalue weighted by Crippen LogP contribution is -2.14. The standard InChI is InChI=1S/C21H20F4N4/c22-19-5-1-4-18(21(23,24)25)17(19)13-29-20-7-6-14(10-28-20)9-16-12-27-11-15(16)3-2-8-26/h1-8,10,12,27H,9,11,13,26H2,(H,28,29)/b8-2-,15-3+.